The highest BCUT2D eigenvalue weighted by Gasteiger charge is 2.28. The van der Waals surface area contributed by atoms with Crippen molar-refractivity contribution in [3.05, 3.63) is 67.0 Å². The van der Waals surface area contributed by atoms with Crippen LogP contribution in [0.4, 0.5) is 10.2 Å². The first-order chi connectivity index (χ1) is 15.8. The number of fused-ring (bicyclic) bond motifs is 4. The van der Waals surface area contributed by atoms with Crippen LogP contribution in [0, 0.1) is 0 Å². The highest BCUT2D eigenvalue weighted by Crippen LogP contribution is 2.41. The lowest BCUT2D eigenvalue weighted by Gasteiger charge is -2.24. The second-order valence-corrected chi connectivity index (χ2v) is 7.45. The van der Waals surface area contributed by atoms with Gasteiger partial charge in [0, 0.05) is 29.3 Å². The van der Waals surface area contributed by atoms with Gasteiger partial charge in [-0.25, -0.2) is 14.4 Å². The predicted octanol–water partition coefficient (Wildman–Crippen LogP) is 3.61. The highest BCUT2D eigenvalue weighted by atomic mass is 19.1. The molecule has 8 heteroatoms. The molecule has 0 fully saturated rings. The summed E-state index contributed by atoms with van der Waals surface area (Å²) in [4.78, 5) is 25.3. The van der Waals surface area contributed by atoms with Crippen LogP contribution in [0.1, 0.15) is 15.4 Å². The van der Waals surface area contributed by atoms with E-state index in [0.29, 0.717) is 16.9 Å². The first-order valence-electron chi connectivity index (χ1n) is 10.7. The minimum Gasteiger partial charge on any atom is -0.383 e. The molecule has 1 aliphatic rings. The highest BCUT2D eigenvalue weighted by molar-refractivity contribution is 6.07. The molecule has 3 aromatic heterocycles. The summed E-state index contributed by atoms with van der Waals surface area (Å²) in [6, 6.07) is 9.28. The summed E-state index contributed by atoms with van der Waals surface area (Å²) < 4.78 is 29.7. The summed E-state index contributed by atoms with van der Waals surface area (Å²) in [7, 11) is 0. The molecule has 1 aliphatic heterocycles. The van der Waals surface area contributed by atoms with Gasteiger partial charge in [0.15, 0.2) is 5.83 Å². The number of anilines is 1. The number of hydrogen-bond acceptors (Lipinski definition) is 5. The third kappa shape index (κ3) is 3.04. The second-order valence-electron chi connectivity index (χ2n) is 7.45. The molecule has 3 N–H and O–H groups in total. The van der Waals surface area contributed by atoms with Gasteiger partial charge in [0.05, 0.1) is 25.4 Å². The number of nitrogens with one attached hydrogen (secondary N) is 1. The van der Waals surface area contributed by atoms with Gasteiger partial charge in [-0.1, -0.05) is 30.8 Å². The van der Waals surface area contributed by atoms with E-state index in [9.17, 15) is 9.18 Å². The van der Waals surface area contributed by atoms with Crippen LogP contribution in [0.25, 0.3) is 38.6 Å². The van der Waals surface area contributed by atoms with Crippen LogP contribution in [-0.2, 0) is 11.3 Å². The fourth-order valence-corrected chi connectivity index (χ4v) is 4.22. The zero-order chi connectivity index (χ0) is 23.3. The molecule has 7 nitrogen and oxygen atoms in total. The predicted molar refractivity (Wildman–Crippen MR) is 119 cm³/mol. The van der Waals surface area contributed by atoms with E-state index in [2.05, 4.69) is 20.3 Å². The minimum atomic E-state index is -1.43. The molecular formula is C23H19FN6O. The molecule has 1 amide bonds. The number of halogens is 1. The van der Waals surface area contributed by atoms with Gasteiger partial charge in [0.2, 0.25) is 0 Å². The van der Waals surface area contributed by atoms with Crippen LogP contribution in [0.15, 0.2) is 61.3 Å². The van der Waals surface area contributed by atoms with E-state index < -0.39 is 24.3 Å². The average Bonchev–Trinajstić information content (AvgIpc) is 3.14. The lowest BCUT2D eigenvalue weighted by Crippen LogP contribution is -2.38. The first-order valence-corrected chi connectivity index (χ1v) is 9.65. The van der Waals surface area contributed by atoms with Crippen LogP contribution < -0.4 is 11.1 Å². The second kappa shape index (κ2) is 7.02. The van der Waals surface area contributed by atoms with Crippen molar-refractivity contribution in [3.8, 4) is 11.1 Å². The smallest absolute Gasteiger partial charge is 0.279 e. The number of para-hydroxylation sites is 1. The van der Waals surface area contributed by atoms with Crippen LogP contribution >= 0.6 is 0 Å². The van der Waals surface area contributed by atoms with E-state index >= 15 is 0 Å². The Balaban J connectivity index is 1.68. The van der Waals surface area contributed by atoms with Crippen molar-refractivity contribution in [1.29, 1.82) is 0 Å². The average molecular weight is 416 g/mol. The number of carbonyl (C=O) groups is 1. The van der Waals surface area contributed by atoms with Gasteiger partial charge >= 0.3 is 0 Å². The fourth-order valence-electron chi connectivity index (χ4n) is 4.22. The van der Waals surface area contributed by atoms with Gasteiger partial charge in [0.1, 0.15) is 17.8 Å². The lowest BCUT2D eigenvalue weighted by atomic mass is 9.97. The molecule has 0 saturated carbocycles. The number of aromatic nitrogens is 4. The molecule has 4 heterocycles. The van der Waals surface area contributed by atoms with Crippen LogP contribution in [0.2, 0.25) is 0 Å². The van der Waals surface area contributed by atoms with E-state index in [1.54, 1.807) is 6.20 Å². The largest absolute Gasteiger partial charge is 0.383 e. The summed E-state index contributed by atoms with van der Waals surface area (Å²) in [5.41, 5.74) is 11.1. The Morgan fingerprint density at radius 3 is 3.03 bits per heavy atom. The molecule has 0 unspecified atom stereocenters. The summed E-state index contributed by atoms with van der Waals surface area (Å²) in [6.45, 7) is 0.991. The number of hydrogen-bond donors (Lipinski definition) is 2. The normalized spacial score (nSPS) is 16.3. The molecule has 5 rings (SSSR count). The Labute approximate surface area is 179 Å². The molecule has 0 bridgehead atoms. The number of benzene rings is 1. The molecule has 1 aromatic carbocycles. The molecule has 31 heavy (non-hydrogen) atoms. The van der Waals surface area contributed by atoms with E-state index in [0.717, 1.165) is 33.3 Å². The SMILES string of the molecule is [2H]C([2H])=C(F)C(=O)N[C@H]1C=C(C)c2c(-c3cnc4ccccc4c3)c3c(N)ncnc3n2C1. The zero-order valence-electron chi connectivity index (χ0n) is 18.6. The van der Waals surface area contributed by atoms with Gasteiger partial charge in [-0.05, 0) is 24.6 Å². The number of nitrogens with two attached hydrogens (primary N) is 1. The number of carbonyl (C=O) groups excluding carboxylic acids is 1. The summed E-state index contributed by atoms with van der Waals surface area (Å²) in [5.74, 6) is -2.21. The van der Waals surface area contributed by atoms with Gasteiger partial charge < -0.3 is 15.6 Å². The summed E-state index contributed by atoms with van der Waals surface area (Å²) in [5, 5.41) is 4.18. The van der Waals surface area contributed by atoms with E-state index in [1.807, 2.05) is 47.9 Å². The number of nitrogen functional groups attached to an aromatic ring is 1. The number of pyridine rings is 1. The number of nitrogens with zero attached hydrogens (tertiary/aromatic N) is 4. The maximum absolute atomic E-state index is 13.7. The van der Waals surface area contributed by atoms with Gasteiger partial charge in [-0.3, -0.25) is 9.78 Å². The van der Waals surface area contributed by atoms with Crippen molar-refractivity contribution < 1.29 is 11.9 Å². The maximum Gasteiger partial charge on any atom is 0.279 e. The Kier molecular flexibility index (Phi) is 3.78. The van der Waals surface area contributed by atoms with Crippen molar-refractivity contribution >= 4 is 39.2 Å². The van der Waals surface area contributed by atoms with Crippen molar-refractivity contribution in [1.82, 2.24) is 24.8 Å². The Hall–Kier alpha value is -4.07. The summed E-state index contributed by atoms with van der Waals surface area (Å²) in [6.07, 6.45) is 4.98. The standard InChI is InChI=1S/C23H19FN6O/c1-12-7-16(29-23(31)13(2)24)10-30-20(12)18(19-21(25)27-11-28-22(19)30)15-8-14-5-3-4-6-17(14)26-9-15/h3-9,11,16H,2,10H2,1H3,(H,29,31)(H2,25,27,28)/t16-/m0/s1/i2D2. The monoisotopic (exact) mass is 416 g/mol. The van der Waals surface area contributed by atoms with Crippen LogP contribution in [0.3, 0.4) is 0 Å². The first kappa shape index (κ1) is 16.7. The van der Waals surface area contributed by atoms with Crippen molar-refractivity contribution in [3.63, 3.8) is 0 Å². The van der Waals surface area contributed by atoms with Crippen molar-refractivity contribution in [2.24, 2.45) is 0 Å². The maximum atomic E-state index is 13.7. The summed E-state index contributed by atoms with van der Waals surface area (Å²) >= 11 is 0. The Morgan fingerprint density at radius 1 is 1.35 bits per heavy atom. The molecule has 4 aromatic rings. The molecule has 0 spiro atoms. The Bertz CT molecular complexity index is 1510. The number of allylic oxidation sites excluding steroid dienone is 1. The quantitative estimate of drug-likeness (QED) is 0.497. The topological polar surface area (TPSA) is 98.7 Å². The van der Waals surface area contributed by atoms with E-state index in [1.165, 1.54) is 6.33 Å². The zero-order valence-corrected chi connectivity index (χ0v) is 16.6. The third-order valence-electron chi connectivity index (χ3n) is 5.47. The van der Waals surface area contributed by atoms with Crippen LogP contribution in [-0.4, -0.2) is 31.5 Å². The van der Waals surface area contributed by atoms with Crippen molar-refractivity contribution in [2.45, 2.75) is 19.5 Å². The van der Waals surface area contributed by atoms with Crippen LogP contribution in [0.5, 0.6) is 0 Å². The minimum absolute atomic E-state index is 0.269. The van der Waals surface area contributed by atoms with E-state index in [-0.39, 0.29) is 6.54 Å². The van der Waals surface area contributed by atoms with E-state index in [4.69, 9.17) is 8.48 Å². The third-order valence-corrected chi connectivity index (χ3v) is 5.47. The van der Waals surface area contributed by atoms with Gasteiger partial charge in [-0.2, -0.15) is 0 Å². The van der Waals surface area contributed by atoms with Gasteiger partial charge in [-0.15, -0.1) is 0 Å². The number of rotatable bonds is 3. The lowest BCUT2D eigenvalue weighted by molar-refractivity contribution is -0.119. The number of amides is 1. The molecular weight excluding hydrogens is 395 g/mol. The molecule has 0 saturated heterocycles. The molecule has 0 radical (unpaired) electrons. The molecule has 1 atom stereocenters. The van der Waals surface area contributed by atoms with Gasteiger partial charge in [0.25, 0.3) is 5.91 Å². The Morgan fingerprint density at radius 2 is 2.19 bits per heavy atom. The fraction of sp³-hybridized carbons (Fsp3) is 0.130. The molecule has 0 aliphatic carbocycles. The van der Waals surface area contributed by atoms with Crippen molar-refractivity contribution in [2.75, 3.05) is 5.73 Å². The molecule has 154 valence electrons.